The number of aromatic nitrogens is 1. The summed E-state index contributed by atoms with van der Waals surface area (Å²) in [5.74, 6) is 0.829. The van der Waals surface area contributed by atoms with Gasteiger partial charge in [-0.15, -0.1) is 0 Å². The quantitative estimate of drug-likeness (QED) is 0.717. The number of thiocarbonyl (C=S) groups is 1. The number of halogens is 1. The van der Waals surface area contributed by atoms with Crippen LogP contribution in [0.3, 0.4) is 0 Å². The van der Waals surface area contributed by atoms with Gasteiger partial charge in [0.2, 0.25) is 0 Å². The van der Waals surface area contributed by atoms with E-state index in [1.54, 1.807) is 6.07 Å². The fourth-order valence-corrected chi connectivity index (χ4v) is 4.83. The van der Waals surface area contributed by atoms with Gasteiger partial charge in [-0.1, -0.05) is 12.1 Å². The molecule has 0 unspecified atom stereocenters. The minimum atomic E-state index is 0.116. The average molecular weight is 418 g/mol. The fourth-order valence-electron chi connectivity index (χ4n) is 3.98. The van der Waals surface area contributed by atoms with Crippen LogP contribution >= 0.6 is 28.1 Å². The van der Waals surface area contributed by atoms with E-state index in [9.17, 15) is 4.79 Å². The highest BCUT2D eigenvalue weighted by molar-refractivity contribution is 9.10. The van der Waals surface area contributed by atoms with Crippen molar-refractivity contribution in [2.45, 2.75) is 25.8 Å². The fraction of sp³-hybridized carbons (Fsp3) is 0.368. The van der Waals surface area contributed by atoms with Gasteiger partial charge < -0.3 is 14.8 Å². The maximum Gasteiger partial charge on any atom is 0.250 e. The number of hydrogen-bond donors (Lipinski definition) is 1. The van der Waals surface area contributed by atoms with Gasteiger partial charge >= 0.3 is 0 Å². The lowest BCUT2D eigenvalue weighted by molar-refractivity contribution is 0.180. The van der Waals surface area contributed by atoms with Crippen molar-refractivity contribution in [3.63, 3.8) is 0 Å². The van der Waals surface area contributed by atoms with Crippen molar-refractivity contribution in [1.82, 2.24) is 9.47 Å². The third kappa shape index (κ3) is 3.25. The molecule has 2 bridgehead atoms. The van der Waals surface area contributed by atoms with Crippen LogP contribution in [0.5, 0.6) is 0 Å². The van der Waals surface area contributed by atoms with Crippen molar-refractivity contribution < 1.29 is 0 Å². The zero-order chi connectivity index (χ0) is 17.6. The molecule has 0 aliphatic carbocycles. The van der Waals surface area contributed by atoms with Gasteiger partial charge in [0.15, 0.2) is 5.11 Å². The van der Waals surface area contributed by atoms with Crippen molar-refractivity contribution in [2.24, 2.45) is 5.92 Å². The van der Waals surface area contributed by atoms with Gasteiger partial charge in [-0.25, -0.2) is 0 Å². The number of piperidine rings is 1. The molecule has 1 saturated heterocycles. The third-order valence-corrected chi connectivity index (χ3v) is 6.15. The molecule has 25 heavy (non-hydrogen) atoms. The third-order valence-electron chi connectivity index (χ3n) is 5.13. The Morgan fingerprint density at radius 3 is 2.88 bits per heavy atom. The summed E-state index contributed by atoms with van der Waals surface area (Å²) >= 11 is 9.28. The Bertz CT molecular complexity index is 894. The predicted octanol–water partition coefficient (Wildman–Crippen LogP) is 3.74. The van der Waals surface area contributed by atoms with Gasteiger partial charge in [0.1, 0.15) is 0 Å². The van der Waals surface area contributed by atoms with E-state index in [2.05, 4.69) is 51.3 Å². The minimum absolute atomic E-state index is 0.116. The largest absolute Gasteiger partial charge is 0.348 e. The lowest BCUT2D eigenvalue weighted by Crippen LogP contribution is -2.50. The van der Waals surface area contributed by atoms with Crippen LogP contribution < -0.4 is 10.9 Å². The normalized spacial score (nSPS) is 21.6. The van der Waals surface area contributed by atoms with Crippen molar-refractivity contribution in [1.29, 1.82) is 0 Å². The van der Waals surface area contributed by atoms with Crippen LogP contribution in [-0.2, 0) is 6.54 Å². The molecule has 1 N–H and O–H groups in total. The van der Waals surface area contributed by atoms with Gasteiger partial charge in [-0.05, 0) is 71.2 Å². The number of rotatable bonds is 1. The molecule has 2 aliphatic rings. The standard InChI is InChI=1S/C19H20BrN3OS/c1-12-5-6-16(15(20)7-12)21-19(25)22-9-13-8-14(11-22)17-3-2-4-18(24)23(17)10-13/h2-7,13-14H,8-11H2,1H3,(H,21,25)/t13-,14+/m0/s1. The molecule has 130 valence electrons. The Hall–Kier alpha value is -1.66. The second-order valence-electron chi connectivity index (χ2n) is 7.02. The summed E-state index contributed by atoms with van der Waals surface area (Å²) < 4.78 is 2.97. The van der Waals surface area contributed by atoms with Crippen molar-refractivity contribution in [3.05, 3.63) is 62.5 Å². The summed E-state index contributed by atoms with van der Waals surface area (Å²) in [5.41, 5.74) is 3.46. The molecule has 4 rings (SSSR count). The number of nitrogens with zero attached hydrogens (tertiary/aromatic N) is 2. The van der Waals surface area contributed by atoms with Crippen LogP contribution in [0.2, 0.25) is 0 Å². The maximum absolute atomic E-state index is 12.1. The first-order chi connectivity index (χ1) is 12.0. The highest BCUT2D eigenvalue weighted by Crippen LogP contribution is 2.35. The Kier molecular flexibility index (Phi) is 4.41. The first-order valence-corrected chi connectivity index (χ1v) is 9.73. The predicted molar refractivity (Wildman–Crippen MR) is 108 cm³/mol. The summed E-state index contributed by atoms with van der Waals surface area (Å²) in [6, 6.07) is 11.8. The molecule has 2 atom stereocenters. The van der Waals surface area contributed by atoms with Gasteiger partial charge in [-0.3, -0.25) is 4.79 Å². The summed E-state index contributed by atoms with van der Waals surface area (Å²) in [4.78, 5) is 14.4. The van der Waals surface area contributed by atoms with Crippen LogP contribution in [0.25, 0.3) is 0 Å². The second-order valence-corrected chi connectivity index (χ2v) is 8.26. The summed E-state index contributed by atoms with van der Waals surface area (Å²) in [7, 11) is 0. The van der Waals surface area contributed by atoms with Crippen molar-refractivity contribution in [3.8, 4) is 0 Å². The minimum Gasteiger partial charge on any atom is -0.348 e. The van der Waals surface area contributed by atoms with E-state index < -0.39 is 0 Å². The SMILES string of the molecule is Cc1ccc(NC(=S)N2C[C@@H]3C[C@H](C2)c2cccc(=O)n2C3)c(Br)c1. The number of nitrogens with one attached hydrogen (secondary N) is 1. The van der Waals surface area contributed by atoms with E-state index >= 15 is 0 Å². The number of fused-ring (bicyclic) bond motifs is 4. The molecule has 0 spiro atoms. The van der Waals surface area contributed by atoms with Crippen LogP contribution in [-0.4, -0.2) is 27.7 Å². The Labute approximate surface area is 161 Å². The summed E-state index contributed by atoms with van der Waals surface area (Å²) in [6.45, 7) is 4.61. The molecular weight excluding hydrogens is 398 g/mol. The zero-order valence-corrected chi connectivity index (χ0v) is 16.4. The van der Waals surface area contributed by atoms with Crippen molar-refractivity contribution >= 4 is 38.9 Å². The molecule has 3 heterocycles. The molecule has 1 aromatic heterocycles. The highest BCUT2D eigenvalue weighted by Gasteiger charge is 2.35. The molecule has 4 nitrogen and oxygen atoms in total. The van der Waals surface area contributed by atoms with E-state index in [1.165, 1.54) is 5.56 Å². The van der Waals surface area contributed by atoms with E-state index in [1.807, 2.05) is 16.7 Å². The molecule has 0 saturated carbocycles. The average Bonchev–Trinajstić information content (AvgIpc) is 2.58. The molecule has 2 aliphatic heterocycles. The Balaban J connectivity index is 1.54. The first kappa shape index (κ1) is 16.8. The second kappa shape index (κ2) is 6.57. The van der Waals surface area contributed by atoms with E-state index in [0.717, 1.165) is 47.0 Å². The van der Waals surface area contributed by atoms with E-state index in [4.69, 9.17) is 12.2 Å². The summed E-state index contributed by atoms with van der Waals surface area (Å²) in [5, 5.41) is 4.13. The number of pyridine rings is 1. The number of hydrogen-bond acceptors (Lipinski definition) is 2. The highest BCUT2D eigenvalue weighted by atomic mass is 79.9. The van der Waals surface area contributed by atoms with Gasteiger partial charge in [0.05, 0.1) is 5.69 Å². The Morgan fingerprint density at radius 2 is 2.08 bits per heavy atom. The van der Waals surface area contributed by atoms with E-state index in [-0.39, 0.29) is 5.56 Å². The molecule has 0 radical (unpaired) electrons. The Morgan fingerprint density at radius 1 is 1.24 bits per heavy atom. The molecule has 1 fully saturated rings. The number of likely N-dealkylation sites (tertiary alicyclic amines) is 1. The van der Waals surface area contributed by atoms with Crippen LogP contribution in [0.15, 0.2) is 45.7 Å². The molecule has 1 aromatic carbocycles. The monoisotopic (exact) mass is 417 g/mol. The lowest BCUT2D eigenvalue weighted by atomic mass is 9.83. The number of benzene rings is 1. The maximum atomic E-state index is 12.1. The van der Waals surface area contributed by atoms with Crippen LogP contribution in [0, 0.1) is 12.8 Å². The molecule has 6 heteroatoms. The lowest BCUT2D eigenvalue weighted by Gasteiger charge is -2.43. The first-order valence-electron chi connectivity index (χ1n) is 8.53. The number of anilines is 1. The van der Waals surface area contributed by atoms with Gasteiger partial charge in [0, 0.05) is 41.8 Å². The van der Waals surface area contributed by atoms with Crippen LogP contribution in [0.4, 0.5) is 5.69 Å². The topological polar surface area (TPSA) is 37.3 Å². The summed E-state index contributed by atoms with van der Waals surface area (Å²) in [6.07, 6.45) is 1.14. The molecule has 2 aromatic rings. The number of aryl methyl sites for hydroxylation is 1. The zero-order valence-electron chi connectivity index (χ0n) is 14.0. The van der Waals surface area contributed by atoms with Crippen LogP contribution in [0.1, 0.15) is 23.6 Å². The molecule has 0 amide bonds. The van der Waals surface area contributed by atoms with E-state index in [0.29, 0.717) is 11.8 Å². The van der Waals surface area contributed by atoms with Gasteiger partial charge in [-0.2, -0.15) is 0 Å². The molecular formula is C19H20BrN3OS. The smallest absolute Gasteiger partial charge is 0.250 e. The van der Waals surface area contributed by atoms with Gasteiger partial charge in [0.25, 0.3) is 5.56 Å². The van der Waals surface area contributed by atoms with Crippen molar-refractivity contribution in [2.75, 3.05) is 18.4 Å².